The third-order valence-corrected chi connectivity index (χ3v) is 8.50. The lowest BCUT2D eigenvalue weighted by Crippen LogP contribution is -2.21. The van der Waals surface area contributed by atoms with Crippen molar-refractivity contribution in [2.45, 2.75) is 31.6 Å². The molecule has 0 fully saturated rings. The van der Waals surface area contributed by atoms with E-state index in [4.69, 9.17) is 14.6 Å². The summed E-state index contributed by atoms with van der Waals surface area (Å²) in [6, 6.07) is 28.2. The zero-order valence-electron chi connectivity index (χ0n) is 27.6. The van der Waals surface area contributed by atoms with Crippen molar-refractivity contribution in [2.24, 2.45) is 0 Å². The molecule has 250 valence electrons. The summed E-state index contributed by atoms with van der Waals surface area (Å²) < 4.78 is 13.5. The number of aryl methyl sites for hydroxylation is 1. The van der Waals surface area contributed by atoms with Gasteiger partial charge in [0.2, 0.25) is 11.8 Å². The smallest absolute Gasteiger partial charge is 0.324 e. The first kappa shape index (κ1) is 33.3. The lowest BCUT2D eigenvalue weighted by Gasteiger charge is -2.16. The average molecular weight is 676 g/mol. The molecule has 0 aliphatic carbocycles. The van der Waals surface area contributed by atoms with E-state index in [1.54, 1.807) is 30.1 Å². The minimum absolute atomic E-state index is 0.0671. The molecular weight excluding hydrogens is 639 g/mol. The fraction of sp³-hybridized carbons (Fsp3) is 0.189. The van der Waals surface area contributed by atoms with Crippen molar-refractivity contribution in [3.8, 4) is 23.1 Å². The Bertz CT molecular complexity index is 2080. The Morgan fingerprint density at radius 2 is 1.80 bits per heavy atom. The molecule has 0 aliphatic heterocycles. The van der Waals surface area contributed by atoms with E-state index in [0.717, 1.165) is 32.6 Å². The number of ether oxygens (including phenoxy) is 2. The maximum absolute atomic E-state index is 13.7. The number of hydrogen-bond donors (Lipinski definition) is 4. The second-order valence-corrected chi connectivity index (χ2v) is 12.7. The highest BCUT2D eigenvalue weighted by Gasteiger charge is 2.18. The Balaban J connectivity index is 1.27. The lowest BCUT2D eigenvalue weighted by molar-refractivity contribution is 0.262. The van der Waals surface area contributed by atoms with Gasteiger partial charge in [-0.15, -0.1) is 11.8 Å². The Morgan fingerprint density at radius 3 is 2.57 bits per heavy atom. The van der Waals surface area contributed by atoms with Crippen LogP contribution in [0, 0.1) is 6.92 Å². The van der Waals surface area contributed by atoms with Crippen LogP contribution in [0.1, 0.15) is 31.0 Å². The molecule has 0 bridgehead atoms. The molecule has 49 heavy (non-hydrogen) atoms. The van der Waals surface area contributed by atoms with Crippen molar-refractivity contribution < 1.29 is 19.4 Å². The zero-order chi connectivity index (χ0) is 34.3. The first-order valence-corrected chi connectivity index (χ1v) is 16.8. The van der Waals surface area contributed by atoms with Gasteiger partial charge in [-0.2, -0.15) is 10.1 Å². The van der Waals surface area contributed by atoms with Gasteiger partial charge in [0.15, 0.2) is 5.75 Å². The fourth-order valence-electron chi connectivity index (χ4n) is 5.09. The number of aromatic nitrogens is 4. The lowest BCUT2D eigenvalue weighted by atomic mass is 10.1. The van der Waals surface area contributed by atoms with Crippen molar-refractivity contribution in [2.75, 3.05) is 35.4 Å². The first-order chi connectivity index (χ1) is 23.8. The number of aliphatic hydroxyl groups is 1. The summed E-state index contributed by atoms with van der Waals surface area (Å²) in [5.41, 5.74) is 4.02. The molecule has 0 saturated heterocycles. The molecule has 4 N–H and O–H groups in total. The molecule has 0 aliphatic rings. The quantitative estimate of drug-likeness (QED) is 0.0942. The van der Waals surface area contributed by atoms with E-state index >= 15 is 0 Å². The molecule has 6 aromatic rings. The van der Waals surface area contributed by atoms with Gasteiger partial charge in [0.1, 0.15) is 11.6 Å². The third-order valence-electron chi connectivity index (χ3n) is 7.55. The molecule has 0 unspecified atom stereocenters. The maximum Gasteiger partial charge on any atom is 0.324 e. The van der Waals surface area contributed by atoms with E-state index in [9.17, 15) is 9.90 Å². The van der Waals surface area contributed by atoms with Gasteiger partial charge < -0.3 is 25.2 Å². The van der Waals surface area contributed by atoms with Crippen LogP contribution in [0.3, 0.4) is 0 Å². The zero-order valence-corrected chi connectivity index (χ0v) is 28.4. The minimum atomic E-state index is -0.456. The van der Waals surface area contributed by atoms with Crippen LogP contribution in [0.15, 0.2) is 102 Å². The third kappa shape index (κ3) is 8.11. The summed E-state index contributed by atoms with van der Waals surface area (Å²) in [4.78, 5) is 23.5. The Hall–Kier alpha value is -5.59. The first-order valence-electron chi connectivity index (χ1n) is 15.8. The number of nitrogens with zero attached hydrogens (tertiary/aromatic N) is 4. The van der Waals surface area contributed by atoms with Gasteiger partial charge >= 0.3 is 6.03 Å². The number of methoxy groups -OCH3 is 1. The van der Waals surface area contributed by atoms with Crippen LogP contribution < -0.4 is 25.4 Å². The van der Waals surface area contributed by atoms with E-state index in [2.05, 4.69) is 39.8 Å². The number of amides is 2. The summed E-state index contributed by atoms with van der Waals surface area (Å²) in [6.45, 7) is 6.22. The van der Waals surface area contributed by atoms with Gasteiger partial charge in [0.25, 0.3) is 0 Å². The number of thioether (sulfide) groups is 1. The van der Waals surface area contributed by atoms with Crippen LogP contribution in [0.5, 0.6) is 17.4 Å². The van der Waals surface area contributed by atoms with Crippen LogP contribution in [-0.4, -0.2) is 50.4 Å². The molecule has 0 saturated carbocycles. The highest BCUT2D eigenvalue weighted by Crippen LogP contribution is 2.37. The van der Waals surface area contributed by atoms with Crippen LogP contribution in [0.4, 0.5) is 27.9 Å². The molecular formula is C37H37N7O4S. The highest BCUT2D eigenvalue weighted by molar-refractivity contribution is 7.99. The highest BCUT2D eigenvalue weighted by atomic mass is 32.2. The van der Waals surface area contributed by atoms with E-state index in [-0.39, 0.29) is 18.4 Å². The summed E-state index contributed by atoms with van der Waals surface area (Å²) in [7, 11) is 1.60. The summed E-state index contributed by atoms with van der Waals surface area (Å²) >= 11 is 1.51. The largest absolute Gasteiger partial charge is 0.497 e. The number of anilines is 4. The van der Waals surface area contributed by atoms with E-state index < -0.39 is 6.03 Å². The maximum atomic E-state index is 13.7. The van der Waals surface area contributed by atoms with Crippen LogP contribution in [0.2, 0.25) is 0 Å². The molecule has 4 aromatic carbocycles. The summed E-state index contributed by atoms with van der Waals surface area (Å²) in [5, 5.41) is 25.0. The van der Waals surface area contributed by atoms with Crippen molar-refractivity contribution in [3.05, 3.63) is 108 Å². The topological polar surface area (TPSA) is 135 Å². The second kappa shape index (κ2) is 15.1. The van der Waals surface area contributed by atoms with Crippen LogP contribution >= 0.6 is 11.8 Å². The number of aliphatic hydroxyl groups excluding tert-OH is 1. The van der Waals surface area contributed by atoms with E-state index in [1.165, 1.54) is 11.8 Å². The van der Waals surface area contributed by atoms with Gasteiger partial charge in [-0.3, -0.25) is 5.32 Å². The number of nitrogens with one attached hydrogen (secondary N) is 3. The molecule has 0 atom stereocenters. The van der Waals surface area contributed by atoms with Crippen molar-refractivity contribution in [3.63, 3.8) is 0 Å². The Kier molecular flexibility index (Phi) is 10.3. The number of carbonyl (C=O) groups excluding carboxylic acids is 1. The number of benzene rings is 4. The van der Waals surface area contributed by atoms with Crippen molar-refractivity contribution in [1.29, 1.82) is 0 Å². The van der Waals surface area contributed by atoms with E-state index in [0.29, 0.717) is 40.4 Å². The number of urea groups is 1. The van der Waals surface area contributed by atoms with Crippen LogP contribution in [-0.2, 0) is 0 Å². The van der Waals surface area contributed by atoms with Gasteiger partial charge in [-0.05, 0) is 48.6 Å². The number of rotatable bonds is 12. The fourth-order valence-corrected chi connectivity index (χ4v) is 5.83. The Labute approximate surface area is 288 Å². The number of carbonyl (C=O) groups is 1. The standard InChI is InChI=1S/C37H37N7O4S/c1-23(2)31-22-33(44(43-31)27-12-9-24(3)10-13-27)40-37(46)42-35-30-8-6-5-7-25(30)11-14-32(35)48-34-15-16-38-36(41-34)39-26-19-28(47-4)21-29(20-26)49-18-17-45/h5-16,19-23,45H,17-18H2,1-4H3,(H,38,39,41)(H2,40,42,46). The van der Waals surface area contributed by atoms with Gasteiger partial charge in [0, 0.05) is 46.1 Å². The van der Waals surface area contributed by atoms with Crippen LogP contribution in [0.25, 0.3) is 16.5 Å². The number of fused-ring (bicyclic) bond motifs is 1. The van der Waals surface area contributed by atoms with Gasteiger partial charge in [0.05, 0.1) is 30.8 Å². The van der Waals surface area contributed by atoms with Crippen molar-refractivity contribution in [1.82, 2.24) is 19.7 Å². The summed E-state index contributed by atoms with van der Waals surface area (Å²) in [6.07, 6.45) is 1.59. The molecule has 6 rings (SSSR count). The van der Waals surface area contributed by atoms with Gasteiger partial charge in [-0.1, -0.05) is 61.9 Å². The number of hydrogen-bond acceptors (Lipinski definition) is 9. The van der Waals surface area contributed by atoms with Crippen molar-refractivity contribution >= 4 is 51.7 Å². The molecule has 0 spiro atoms. The summed E-state index contributed by atoms with van der Waals surface area (Å²) in [5.74, 6) is 2.90. The SMILES string of the molecule is COc1cc(Nc2nccc(Oc3ccc4ccccc4c3NC(=O)Nc3cc(C(C)C)nn3-c3ccc(C)cc3)n2)cc(SCCO)c1. The monoisotopic (exact) mass is 675 g/mol. The normalized spacial score (nSPS) is 11.1. The molecule has 11 nitrogen and oxygen atoms in total. The predicted molar refractivity (Wildman–Crippen MR) is 195 cm³/mol. The Morgan fingerprint density at radius 1 is 0.980 bits per heavy atom. The predicted octanol–water partition coefficient (Wildman–Crippen LogP) is 8.52. The minimum Gasteiger partial charge on any atom is -0.497 e. The second-order valence-electron chi connectivity index (χ2n) is 11.5. The molecule has 0 radical (unpaired) electrons. The van der Waals surface area contributed by atoms with E-state index in [1.807, 2.05) is 85.8 Å². The molecule has 2 aromatic heterocycles. The average Bonchev–Trinajstić information content (AvgIpc) is 3.52. The molecule has 12 heteroatoms. The van der Waals surface area contributed by atoms with Gasteiger partial charge in [-0.25, -0.2) is 14.5 Å². The molecule has 2 amide bonds. The molecule has 2 heterocycles.